The van der Waals surface area contributed by atoms with Crippen LogP contribution in [0.1, 0.15) is 12.0 Å². The van der Waals surface area contributed by atoms with E-state index in [4.69, 9.17) is 9.47 Å². The Kier molecular flexibility index (Phi) is 3.84. The Hall–Kier alpha value is -1.33. The van der Waals surface area contributed by atoms with Gasteiger partial charge in [-0.3, -0.25) is 0 Å². The van der Waals surface area contributed by atoms with Crippen LogP contribution in [0.3, 0.4) is 0 Å². The lowest BCUT2D eigenvalue weighted by Crippen LogP contribution is -2.41. The maximum atomic E-state index is 13.7. The zero-order valence-electron chi connectivity index (χ0n) is 10.9. The summed E-state index contributed by atoms with van der Waals surface area (Å²) < 4.78 is 25.1. The quantitative estimate of drug-likeness (QED) is 0.871. The molecule has 0 saturated carbocycles. The molecule has 2 aliphatic heterocycles. The van der Waals surface area contributed by atoms with Gasteiger partial charge in [-0.05, 0) is 25.0 Å². The second-order valence-electron chi connectivity index (χ2n) is 4.94. The number of halogens is 1. The van der Waals surface area contributed by atoms with Crippen LogP contribution in [0.25, 0.3) is 0 Å². The van der Waals surface area contributed by atoms with Crippen molar-refractivity contribution < 1.29 is 13.9 Å². The highest BCUT2D eigenvalue weighted by Crippen LogP contribution is 2.34. The topological polar surface area (TPSA) is 42.5 Å². The molecule has 1 atom stereocenters. The highest BCUT2D eigenvalue weighted by Gasteiger charge is 2.19. The second kappa shape index (κ2) is 5.75. The highest BCUT2D eigenvalue weighted by atomic mass is 19.1. The van der Waals surface area contributed by atoms with E-state index in [9.17, 15) is 4.39 Å². The van der Waals surface area contributed by atoms with E-state index in [0.717, 1.165) is 49.5 Å². The molecular formula is C14H19FN2O2. The highest BCUT2D eigenvalue weighted by molar-refractivity contribution is 5.63. The van der Waals surface area contributed by atoms with Gasteiger partial charge in [0.1, 0.15) is 24.3 Å². The summed E-state index contributed by atoms with van der Waals surface area (Å²) in [5.74, 6) is 0.579. The maximum absolute atomic E-state index is 13.7. The summed E-state index contributed by atoms with van der Waals surface area (Å²) in [7, 11) is 0. The second-order valence-corrected chi connectivity index (χ2v) is 4.94. The van der Waals surface area contributed by atoms with Crippen LogP contribution in [0.2, 0.25) is 0 Å². The van der Waals surface area contributed by atoms with Crippen molar-refractivity contribution in [3.05, 3.63) is 23.5 Å². The molecule has 2 N–H and O–H groups in total. The number of morpholine rings is 1. The largest absolute Gasteiger partial charge is 0.489 e. The molecule has 104 valence electrons. The first-order valence-electron chi connectivity index (χ1n) is 6.85. The van der Waals surface area contributed by atoms with Crippen molar-refractivity contribution in [1.82, 2.24) is 5.32 Å². The first-order valence-corrected chi connectivity index (χ1v) is 6.85. The Bertz CT molecular complexity index is 447. The molecule has 0 aromatic heterocycles. The zero-order valence-corrected chi connectivity index (χ0v) is 10.9. The number of anilines is 1. The standard InChI is InChI=1S/C14H19FN2O2/c15-12-3-4-13(14-11(12)2-1-5-17-14)19-9-10-8-16-6-7-18-10/h3-4,10,16-17H,1-2,5-9H2/t10-/m1/s1. The summed E-state index contributed by atoms with van der Waals surface area (Å²) in [5.41, 5.74) is 1.56. The van der Waals surface area contributed by atoms with Crippen LogP contribution >= 0.6 is 0 Å². The van der Waals surface area contributed by atoms with Crippen LogP contribution in [0.5, 0.6) is 5.75 Å². The van der Waals surface area contributed by atoms with Crippen molar-refractivity contribution in [3.8, 4) is 5.75 Å². The Labute approximate surface area is 112 Å². The van der Waals surface area contributed by atoms with E-state index in [1.54, 1.807) is 6.07 Å². The summed E-state index contributed by atoms with van der Waals surface area (Å²) in [6.07, 6.45) is 1.80. The number of nitrogens with one attached hydrogen (secondary N) is 2. The maximum Gasteiger partial charge on any atom is 0.143 e. The van der Waals surface area contributed by atoms with Crippen molar-refractivity contribution in [1.29, 1.82) is 0 Å². The number of hydrogen-bond acceptors (Lipinski definition) is 4. The lowest BCUT2D eigenvalue weighted by molar-refractivity contribution is 0.000308. The molecule has 0 spiro atoms. The fraction of sp³-hybridized carbons (Fsp3) is 0.571. The van der Waals surface area contributed by atoms with Gasteiger partial charge in [-0.2, -0.15) is 0 Å². The molecular weight excluding hydrogens is 247 g/mol. The summed E-state index contributed by atoms with van der Waals surface area (Å²) >= 11 is 0. The van der Waals surface area contributed by atoms with Gasteiger partial charge in [0.05, 0.1) is 12.3 Å². The van der Waals surface area contributed by atoms with Crippen LogP contribution in [0.4, 0.5) is 10.1 Å². The van der Waals surface area contributed by atoms with Crippen LogP contribution in [0.15, 0.2) is 12.1 Å². The monoisotopic (exact) mass is 266 g/mol. The van der Waals surface area contributed by atoms with Crippen molar-refractivity contribution in [2.45, 2.75) is 18.9 Å². The number of ether oxygens (including phenoxy) is 2. The first kappa shape index (κ1) is 12.7. The van der Waals surface area contributed by atoms with E-state index in [-0.39, 0.29) is 11.9 Å². The Morgan fingerprint density at radius 3 is 3.16 bits per heavy atom. The Balaban J connectivity index is 1.70. The SMILES string of the molecule is Fc1ccc(OC[C@H]2CNCCO2)c2c1CCCN2. The van der Waals surface area contributed by atoms with E-state index in [1.807, 2.05) is 0 Å². The lowest BCUT2D eigenvalue weighted by atomic mass is 10.0. The summed E-state index contributed by atoms with van der Waals surface area (Å²) in [6.45, 7) is 3.77. The number of fused-ring (bicyclic) bond motifs is 1. The fourth-order valence-electron chi connectivity index (χ4n) is 2.55. The number of hydrogen-bond donors (Lipinski definition) is 2. The number of benzene rings is 1. The van der Waals surface area contributed by atoms with Gasteiger partial charge >= 0.3 is 0 Å². The molecule has 0 aliphatic carbocycles. The van der Waals surface area contributed by atoms with E-state index in [2.05, 4.69) is 10.6 Å². The average Bonchev–Trinajstić information content (AvgIpc) is 2.48. The van der Waals surface area contributed by atoms with E-state index < -0.39 is 0 Å². The smallest absolute Gasteiger partial charge is 0.143 e. The minimum absolute atomic E-state index is 0.0676. The third-order valence-electron chi connectivity index (χ3n) is 3.55. The normalized spacial score (nSPS) is 22.5. The molecule has 1 aromatic rings. The average molecular weight is 266 g/mol. The van der Waals surface area contributed by atoms with Gasteiger partial charge < -0.3 is 20.1 Å². The van der Waals surface area contributed by atoms with Gasteiger partial charge in [-0.1, -0.05) is 0 Å². The molecule has 5 heteroatoms. The minimum Gasteiger partial charge on any atom is -0.489 e. The molecule has 0 unspecified atom stereocenters. The van der Waals surface area contributed by atoms with Gasteiger partial charge in [0.25, 0.3) is 0 Å². The molecule has 1 fully saturated rings. The van der Waals surface area contributed by atoms with E-state index in [0.29, 0.717) is 13.2 Å². The van der Waals surface area contributed by atoms with Crippen molar-refractivity contribution in [2.24, 2.45) is 0 Å². The van der Waals surface area contributed by atoms with Crippen molar-refractivity contribution in [3.63, 3.8) is 0 Å². The first-order chi connectivity index (χ1) is 9.34. The molecule has 0 radical (unpaired) electrons. The Morgan fingerprint density at radius 1 is 1.37 bits per heavy atom. The van der Waals surface area contributed by atoms with Crippen LogP contribution in [-0.4, -0.2) is 39.0 Å². The molecule has 2 heterocycles. The minimum atomic E-state index is -0.148. The van der Waals surface area contributed by atoms with E-state index >= 15 is 0 Å². The van der Waals surface area contributed by atoms with Crippen molar-refractivity contribution >= 4 is 5.69 Å². The van der Waals surface area contributed by atoms with Gasteiger partial charge in [-0.15, -0.1) is 0 Å². The fourth-order valence-corrected chi connectivity index (χ4v) is 2.55. The summed E-state index contributed by atoms with van der Waals surface area (Å²) in [4.78, 5) is 0. The zero-order chi connectivity index (χ0) is 13.1. The van der Waals surface area contributed by atoms with Crippen molar-refractivity contribution in [2.75, 3.05) is 38.2 Å². The van der Waals surface area contributed by atoms with Crippen LogP contribution < -0.4 is 15.4 Å². The third kappa shape index (κ3) is 2.82. The molecule has 19 heavy (non-hydrogen) atoms. The van der Waals surface area contributed by atoms with Crippen LogP contribution in [0, 0.1) is 5.82 Å². The summed E-state index contributed by atoms with van der Waals surface area (Å²) in [5, 5.41) is 6.50. The predicted molar refractivity (Wildman–Crippen MR) is 71.3 cm³/mol. The van der Waals surface area contributed by atoms with Gasteiger partial charge in [0.15, 0.2) is 0 Å². The lowest BCUT2D eigenvalue weighted by Gasteiger charge is -2.26. The van der Waals surface area contributed by atoms with E-state index in [1.165, 1.54) is 6.07 Å². The van der Waals surface area contributed by atoms with Crippen LogP contribution in [-0.2, 0) is 11.2 Å². The van der Waals surface area contributed by atoms with Gasteiger partial charge in [0, 0.05) is 25.2 Å². The van der Waals surface area contributed by atoms with Gasteiger partial charge in [0.2, 0.25) is 0 Å². The predicted octanol–water partition coefficient (Wildman–Crippen LogP) is 1.55. The summed E-state index contributed by atoms with van der Waals surface area (Å²) in [6, 6.07) is 3.18. The molecule has 2 aliphatic rings. The molecule has 1 saturated heterocycles. The molecule has 0 amide bonds. The third-order valence-corrected chi connectivity index (χ3v) is 3.55. The molecule has 3 rings (SSSR count). The Morgan fingerprint density at radius 2 is 2.32 bits per heavy atom. The van der Waals surface area contributed by atoms with Gasteiger partial charge in [-0.25, -0.2) is 4.39 Å². The molecule has 1 aromatic carbocycles. The molecule has 4 nitrogen and oxygen atoms in total. The number of rotatable bonds is 3. The molecule has 0 bridgehead atoms.